The van der Waals surface area contributed by atoms with Crippen LogP contribution in [-0.2, 0) is 16.1 Å². The lowest BCUT2D eigenvalue weighted by Gasteiger charge is -2.28. The van der Waals surface area contributed by atoms with Gasteiger partial charge in [0.15, 0.2) is 0 Å². The molecule has 1 aliphatic rings. The first-order valence-corrected chi connectivity index (χ1v) is 13.9. The second-order valence-corrected chi connectivity index (χ2v) is 9.98. The van der Waals surface area contributed by atoms with Crippen molar-refractivity contribution in [3.63, 3.8) is 0 Å². The molecule has 0 unspecified atom stereocenters. The molecule has 210 valence electrons. The van der Waals surface area contributed by atoms with Crippen molar-refractivity contribution in [2.75, 3.05) is 36.4 Å². The molecule has 4 rings (SSSR count). The van der Waals surface area contributed by atoms with Crippen LogP contribution in [-0.4, -0.2) is 48.8 Å². The molecule has 0 saturated carbocycles. The molecule has 40 heavy (non-hydrogen) atoms. The number of carbonyl (C=O) groups excluding carboxylic acids is 3. The molecule has 1 fully saturated rings. The van der Waals surface area contributed by atoms with Gasteiger partial charge in [-0.2, -0.15) is 0 Å². The van der Waals surface area contributed by atoms with Gasteiger partial charge in [-0.05, 0) is 54.3 Å². The van der Waals surface area contributed by atoms with Gasteiger partial charge in [0.1, 0.15) is 5.82 Å². The largest absolute Gasteiger partial charge is 0.369 e. The number of halogens is 1. The van der Waals surface area contributed by atoms with Gasteiger partial charge in [-0.15, -0.1) is 0 Å². The van der Waals surface area contributed by atoms with Crippen LogP contribution in [0.5, 0.6) is 0 Å². The topological polar surface area (TPSA) is 81.8 Å². The van der Waals surface area contributed by atoms with E-state index in [0.29, 0.717) is 43.9 Å². The first kappa shape index (κ1) is 28.8. The van der Waals surface area contributed by atoms with Gasteiger partial charge in [-0.1, -0.05) is 56.3 Å². The van der Waals surface area contributed by atoms with Crippen LogP contribution < -0.4 is 15.5 Å². The number of nitrogens with zero attached hydrogens (tertiary/aromatic N) is 2. The Balaban J connectivity index is 1.52. The summed E-state index contributed by atoms with van der Waals surface area (Å²) in [5.41, 5.74) is 3.53. The van der Waals surface area contributed by atoms with Crippen molar-refractivity contribution in [1.82, 2.24) is 10.2 Å². The lowest BCUT2D eigenvalue weighted by Crippen LogP contribution is -2.38. The Morgan fingerprint density at radius 1 is 0.900 bits per heavy atom. The first-order chi connectivity index (χ1) is 19.4. The molecule has 8 heteroatoms. The van der Waals surface area contributed by atoms with Crippen molar-refractivity contribution in [3.8, 4) is 0 Å². The van der Waals surface area contributed by atoms with Gasteiger partial charge in [-0.3, -0.25) is 14.4 Å². The Morgan fingerprint density at radius 2 is 1.65 bits per heavy atom. The number of carbonyl (C=O) groups is 3. The summed E-state index contributed by atoms with van der Waals surface area (Å²) in [6.07, 6.45) is 1.82. The van der Waals surface area contributed by atoms with Crippen LogP contribution in [0.2, 0.25) is 0 Å². The predicted molar refractivity (Wildman–Crippen MR) is 156 cm³/mol. The lowest BCUT2D eigenvalue weighted by atomic mass is 9.95. The van der Waals surface area contributed by atoms with Gasteiger partial charge < -0.3 is 20.4 Å². The maximum atomic E-state index is 13.5. The van der Waals surface area contributed by atoms with Crippen LogP contribution in [0.15, 0.2) is 72.8 Å². The minimum absolute atomic E-state index is 0.130. The highest BCUT2D eigenvalue weighted by atomic mass is 19.1. The van der Waals surface area contributed by atoms with E-state index in [1.165, 1.54) is 12.1 Å². The van der Waals surface area contributed by atoms with E-state index in [0.717, 1.165) is 29.7 Å². The summed E-state index contributed by atoms with van der Waals surface area (Å²) in [5, 5.41) is 5.76. The van der Waals surface area contributed by atoms with Gasteiger partial charge in [-0.25, -0.2) is 4.39 Å². The van der Waals surface area contributed by atoms with Crippen LogP contribution in [0.25, 0.3) is 0 Å². The van der Waals surface area contributed by atoms with Crippen molar-refractivity contribution >= 4 is 29.1 Å². The van der Waals surface area contributed by atoms with Gasteiger partial charge >= 0.3 is 0 Å². The SMILES string of the molecule is CCC(=O)Nc1ccc(N2CCCN(C(=O)[C@@H](CC)c3ccccc3)CC2)c(C(=O)NCc2ccc(F)cc2)c1. The number of anilines is 2. The molecule has 1 atom stereocenters. The molecular formula is C32H37FN4O3. The maximum Gasteiger partial charge on any atom is 0.253 e. The molecule has 0 aromatic heterocycles. The Labute approximate surface area is 235 Å². The van der Waals surface area contributed by atoms with E-state index < -0.39 is 0 Å². The molecule has 0 bridgehead atoms. The van der Waals surface area contributed by atoms with E-state index in [1.54, 1.807) is 31.2 Å². The third-order valence-electron chi connectivity index (χ3n) is 7.27. The van der Waals surface area contributed by atoms with Gasteiger partial charge in [0.25, 0.3) is 5.91 Å². The normalized spacial score (nSPS) is 14.3. The van der Waals surface area contributed by atoms with Crippen molar-refractivity contribution in [3.05, 3.63) is 95.3 Å². The number of nitrogens with one attached hydrogen (secondary N) is 2. The van der Waals surface area contributed by atoms with Crippen molar-refractivity contribution in [2.24, 2.45) is 0 Å². The fourth-order valence-corrected chi connectivity index (χ4v) is 5.04. The lowest BCUT2D eigenvalue weighted by molar-refractivity contribution is -0.132. The van der Waals surface area contributed by atoms with Crippen LogP contribution in [0.4, 0.5) is 15.8 Å². The summed E-state index contributed by atoms with van der Waals surface area (Å²) < 4.78 is 13.3. The van der Waals surface area contributed by atoms with E-state index >= 15 is 0 Å². The van der Waals surface area contributed by atoms with Crippen molar-refractivity contribution in [1.29, 1.82) is 0 Å². The number of benzene rings is 3. The zero-order valence-electron chi connectivity index (χ0n) is 23.2. The minimum atomic E-state index is -0.334. The highest BCUT2D eigenvalue weighted by Crippen LogP contribution is 2.28. The standard InChI is InChI=1S/C32H37FN4O3/c1-3-27(24-9-6-5-7-10-24)32(40)37-18-8-17-36(19-20-37)29-16-15-26(35-30(38)4-2)21-28(29)31(39)34-22-23-11-13-25(33)14-12-23/h5-7,9-16,21,27H,3-4,8,17-20,22H2,1-2H3,(H,34,39)(H,35,38)/t27-/m0/s1. The van der Waals surface area contributed by atoms with Gasteiger partial charge in [0, 0.05) is 50.5 Å². The zero-order chi connectivity index (χ0) is 28.5. The van der Waals surface area contributed by atoms with E-state index in [2.05, 4.69) is 15.5 Å². The third-order valence-corrected chi connectivity index (χ3v) is 7.27. The number of hydrogen-bond donors (Lipinski definition) is 2. The summed E-state index contributed by atoms with van der Waals surface area (Å²) in [5.74, 6) is -0.815. The predicted octanol–water partition coefficient (Wildman–Crippen LogP) is 5.34. The first-order valence-electron chi connectivity index (χ1n) is 13.9. The summed E-state index contributed by atoms with van der Waals surface area (Å²) in [6.45, 7) is 6.51. The molecule has 7 nitrogen and oxygen atoms in total. The molecule has 0 radical (unpaired) electrons. The summed E-state index contributed by atoms with van der Waals surface area (Å²) in [4.78, 5) is 43.0. The van der Waals surface area contributed by atoms with Crippen LogP contribution >= 0.6 is 0 Å². The number of rotatable bonds is 9. The minimum Gasteiger partial charge on any atom is -0.369 e. The molecule has 0 spiro atoms. The Hall–Kier alpha value is -4.20. The maximum absolute atomic E-state index is 13.5. The second kappa shape index (κ2) is 13.7. The average Bonchev–Trinajstić information content (AvgIpc) is 3.24. The fourth-order valence-electron chi connectivity index (χ4n) is 5.04. The third kappa shape index (κ3) is 7.25. The zero-order valence-corrected chi connectivity index (χ0v) is 23.2. The highest BCUT2D eigenvalue weighted by Gasteiger charge is 2.27. The Kier molecular flexibility index (Phi) is 9.89. The monoisotopic (exact) mass is 544 g/mol. The van der Waals surface area contributed by atoms with Crippen molar-refractivity contribution in [2.45, 2.75) is 45.6 Å². The highest BCUT2D eigenvalue weighted by molar-refractivity contribution is 6.02. The molecule has 1 saturated heterocycles. The van der Waals surface area contributed by atoms with Crippen LogP contribution in [0.3, 0.4) is 0 Å². The van der Waals surface area contributed by atoms with Gasteiger partial charge in [0.05, 0.1) is 11.5 Å². The van der Waals surface area contributed by atoms with Crippen LogP contribution in [0.1, 0.15) is 60.5 Å². The molecule has 0 aliphatic carbocycles. The van der Waals surface area contributed by atoms with Crippen LogP contribution in [0, 0.1) is 5.82 Å². The second-order valence-electron chi connectivity index (χ2n) is 9.98. The number of hydrogen-bond acceptors (Lipinski definition) is 4. The molecule has 3 aromatic rings. The molecule has 3 amide bonds. The van der Waals surface area contributed by atoms with E-state index in [9.17, 15) is 18.8 Å². The summed E-state index contributed by atoms with van der Waals surface area (Å²) in [7, 11) is 0. The summed E-state index contributed by atoms with van der Waals surface area (Å²) >= 11 is 0. The van der Waals surface area contributed by atoms with E-state index in [1.807, 2.05) is 48.2 Å². The van der Waals surface area contributed by atoms with E-state index in [-0.39, 0.29) is 36.0 Å². The number of amides is 3. The quantitative estimate of drug-likeness (QED) is 0.381. The molecule has 1 aliphatic heterocycles. The fraction of sp³-hybridized carbons (Fsp3) is 0.344. The average molecular weight is 545 g/mol. The summed E-state index contributed by atoms with van der Waals surface area (Å²) in [6, 6.07) is 21.2. The van der Waals surface area contributed by atoms with Crippen molar-refractivity contribution < 1.29 is 18.8 Å². The Bertz CT molecular complexity index is 1310. The van der Waals surface area contributed by atoms with E-state index in [4.69, 9.17) is 0 Å². The van der Waals surface area contributed by atoms with Gasteiger partial charge in [0.2, 0.25) is 11.8 Å². The smallest absolute Gasteiger partial charge is 0.253 e. The molecule has 2 N–H and O–H groups in total. The Morgan fingerprint density at radius 3 is 2.35 bits per heavy atom. The molecular weight excluding hydrogens is 507 g/mol. The molecule has 1 heterocycles. The molecule has 3 aromatic carbocycles.